The summed E-state index contributed by atoms with van der Waals surface area (Å²) in [4.78, 5) is 0. The van der Waals surface area contributed by atoms with E-state index in [0.717, 1.165) is 22.3 Å². The minimum atomic E-state index is -0.957. The average Bonchev–Trinajstić information content (AvgIpc) is 3.22. The van der Waals surface area contributed by atoms with Crippen LogP contribution < -0.4 is 0 Å². The highest BCUT2D eigenvalue weighted by molar-refractivity contribution is 6.30. The normalized spacial score (nSPS) is 19.8. The summed E-state index contributed by atoms with van der Waals surface area (Å²) in [6.45, 7) is 4.64. The molecule has 5 rings (SSSR count). The zero-order chi connectivity index (χ0) is 32.5. The second kappa shape index (κ2) is 19.3. The zero-order valence-electron chi connectivity index (χ0n) is 26.7. The van der Waals surface area contributed by atoms with Crippen LogP contribution in [0.25, 0.3) is 0 Å². The third-order valence-corrected chi connectivity index (χ3v) is 7.92. The summed E-state index contributed by atoms with van der Waals surface area (Å²) in [5.74, 6) is 0.400. The third-order valence-electron chi connectivity index (χ3n) is 7.55. The van der Waals surface area contributed by atoms with Gasteiger partial charge in [-0.3, -0.25) is 0 Å². The number of rotatable bonds is 18. The molecule has 0 unspecified atom stereocenters. The van der Waals surface area contributed by atoms with Gasteiger partial charge in [-0.1, -0.05) is 133 Å². The molecule has 0 saturated carbocycles. The van der Waals surface area contributed by atoms with E-state index in [-0.39, 0.29) is 24.9 Å². The Balaban J connectivity index is 1.48. The highest BCUT2D eigenvalue weighted by Crippen LogP contribution is 2.35. The lowest BCUT2D eigenvalue weighted by molar-refractivity contribution is -0.210. The first-order chi connectivity index (χ1) is 23.2. The number of hydrogen-bond acceptors (Lipinski definition) is 7. The van der Waals surface area contributed by atoms with Crippen LogP contribution in [0.3, 0.4) is 0 Å². The van der Waals surface area contributed by atoms with E-state index in [4.69, 9.17) is 44.8 Å². The van der Waals surface area contributed by atoms with E-state index in [1.165, 1.54) is 0 Å². The van der Waals surface area contributed by atoms with Crippen molar-refractivity contribution in [3.63, 3.8) is 0 Å². The molecule has 1 aliphatic heterocycles. The Morgan fingerprint density at radius 3 is 1.64 bits per heavy atom. The van der Waals surface area contributed by atoms with Crippen LogP contribution in [-0.2, 0) is 59.6 Å². The first-order valence-electron chi connectivity index (χ1n) is 16.0. The van der Waals surface area contributed by atoms with Crippen molar-refractivity contribution in [2.75, 3.05) is 26.4 Å². The Morgan fingerprint density at radius 2 is 1.09 bits per heavy atom. The van der Waals surface area contributed by atoms with E-state index in [1.54, 1.807) is 0 Å². The van der Waals surface area contributed by atoms with E-state index < -0.39 is 24.6 Å². The molecule has 0 radical (unpaired) electrons. The highest BCUT2D eigenvalue weighted by Gasteiger charge is 2.44. The van der Waals surface area contributed by atoms with Crippen molar-refractivity contribution >= 4 is 11.6 Å². The van der Waals surface area contributed by atoms with Crippen molar-refractivity contribution in [2.45, 2.75) is 58.0 Å². The lowest BCUT2D eigenvalue weighted by atomic mass is 10.1. The monoisotopic (exact) mass is 658 g/mol. The van der Waals surface area contributed by atoms with E-state index in [1.807, 2.05) is 128 Å². The number of benzene rings is 4. The molecule has 4 aromatic carbocycles. The predicted octanol–water partition coefficient (Wildman–Crippen LogP) is 7.82. The topological polar surface area (TPSA) is 64.6 Å². The molecule has 0 aromatic heterocycles. The molecule has 7 nitrogen and oxygen atoms in total. The molecule has 0 amide bonds. The lowest BCUT2D eigenvalue weighted by Gasteiger charge is -2.32. The number of halogens is 1. The molecule has 0 spiro atoms. The SMILES string of the molecule is CCOCCO[C@H]1O[C@H](COCc2ccccc2)[C@@H](OCc2ccccc2)[C@H](OCc2ccccc2)C(OCc2ccccc2)=C1Cl. The minimum absolute atomic E-state index is 0.195. The molecular formula is C39H43ClO7. The average molecular weight is 659 g/mol. The molecular weight excluding hydrogens is 616 g/mol. The van der Waals surface area contributed by atoms with Gasteiger partial charge in [0.05, 0.1) is 39.6 Å². The zero-order valence-corrected chi connectivity index (χ0v) is 27.5. The van der Waals surface area contributed by atoms with Gasteiger partial charge in [0.15, 0.2) is 6.29 Å². The molecule has 1 aliphatic rings. The van der Waals surface area contributed by atoms with Crippen LogP contribution in [0.5, 0.6) is 0 Å². The summed E-state index contributed by atoms with van der Waals surface area (Å²) in [7, 11) is 0. The van der Waals surface area contributed by atoms with Crippen LogP contribution in [0.1, 0.15) is 29.2 Å². The smallest absolute Gasteiger partial charge is 0.198 e. The van der Waals surface area contributed by atoms with Gasteiger partial charge in [-0.15, -0.1) is 0 Å². The Hall–Kier alpha value is -3.53. The summed E-state index contributed by atoms with van der Waals surface area (Å²) in [5.41, 5.74) is 4.04. The van der Waals surface area contributed by atoms with E-state index >= 15 is 0 Å². The maximum Gasteiger partial charge on any atom is 0.198 e. The van der Waals surface area contributed by atoms with Crippen molar-refractivity contribution in [3.8, 4) is 0 Å². The molecule has 47 heavy (non-hydrogen) atoms. The van der Waals surface area contributed by atoms with Gasteiger partial charge >= 0.3 is 0 Å². The third kappa shape index (κ3) is 11.0. The second-order valence-corrected chi connectivity index (χ2v) is 11.4. The van der Waals surface area contributed by atoms with Gasteiger partial charge in [-0.25, -0.2) is 0 Å². The molecule has 0 aliphatic carbocycles. The summed E-state index contributed by atoms with van der Waals surface area (Å²) >= 11 is 7.17. The van der Waals surface area contributed by atoms with Crippen molar-refractivity contribution in [2.24, 2.45) is 0 Å². The van der Waals surface area contributed by atoms with Crippen LogP contribution in [0.15, 0.2) is 132 Å². The van der Waals surface area contributed by atoms with E-state index in [0.29, 0.717) is 38.8 Å². The number of hydrogen-bond donors (Lipinski definition) is 0. The number of ether oxygens (including phenoxy) is 7. The van der Waals surface area contributed by atoms with Gasteiger partial charge in [-0.05, 0) is 29.2 Å². The van der Waals surface area contributed by atoms with Crippen LogP contribution in [0, 0.1) is 0 Å². The Bertz CT molecular complexity index is 1450. The van der Waals surface area contributed by atoms with Gasteiger partial charge < -0.3 is 33.2 Å². The Kier molecular flexibility index (Phi) is 14.3. The lowest BCUT2D eigenvalue weighted by Crippen LogP contribution is -2.45. The molecule has 0 saturated heterocycles. The fourth-order valence-electron chi connectivity index (χ4n) is 5.14. The van der Waals surface area contributed by atoms with Crippen molar-refractivity contribution in [1.29, 1.82) is 0 Å². The van der Waals surface area contributed by atoms with Crippen molar-refractivity contribution < 1.29 is 33.2 Å². The van der Waals surface area contributed by atoms with Crippen molar-refractivity contribution in [3.05, 3.63) is 154 Å². The summed E-state index contributed by atoms with van der Waals surface area (Å²) < 4.78 is 44.6. The molecule has 0 fully saturated rings. The molecule has 0 N–H and O–H groups in total. The first kappa shape index (κ1) is 34.8. The quantitative estimate of drug-likeness (QED) is 0.101. The molecule has 1 heterocycles. The molecule has 0 bridgehead atoms. The maximum absolute atomic E-state index is 7.17. The van der Waals surface area contributed by atoms with Gasteiger partial charge in [-0.2, -0.15) is 0 Å². The van der Waals surface area contributed by atoms with Crippen molar-refractivity contribution in [1.82, 2.24) is 0 Å². The second-order valence-electron chi connectivity index (χ2n) is 11.0. The maximum atomic E-state index is 7.17. The first-order valence-corrected chi connectivity index (χ1v) is 16.4. The predicted molar refractivity (Wildman–Crippen MR) is 181 cm³/mol. The Labute approximate surface area is 282 Å². The fourth-order valence-corrected chi connectivity index (χ4v) is 5.42. The standard InChI is InChI=1S/C39H43ClO7/c1-2-41-23-24-43-39-35(40)37(45-27-32-19-11-5-12-20-32)38(46-28-33-21-13-6-14-22-33)36(44-26-31-17-9-4-10-18-31)34(47-39)29-42-25-30-15-7-3-8-16-30/h3-22,34,36,38-39H,2,23-29H2,1H3/t34-,36-,38+,39+/m1/s1. The van der Waals surface area contributed by atoms with Crippen LogP contribution in [0.4, 0.5) is 0 Å². The largest absolute Gasteiger partial charge is 0.489 e. The summed E-state index contributed by atoms with van der Waals surface area (Å²) in [6.07, 6.45) is -3.01. The Morgan fingerprint density at radius 1 is 0.574 bits per heavy atom. The van der Waals surface area contributed by atoms with Gasteiger partial charge in [0.2, 0.25) is 0 Å². The molecule has 8 heteroatoms. The van der Waals surface area contributed by atoms with Crippen LogP contribution in [-0.4, -0.2) is 51.0 Å². The summed E-state index contributed by atoms with van der Waals surface area (Å²) in [6, 6.07) is 39.9. The highest BCUT2D eigenvalue weighted by atomic mass is 35.5. The van der Waals surface area contributed by atoms with Crippen LogP contribution >= 0.6 is 11.6 Å². The molecule has 4 aromatic rings. The van der Waals surface area contributed by atoms with E-state index in [2.05, 4.69) is 0 Å². The molecule has 4 atom stereocenters. The van der Waals surface area contributed by atoms with Gasteiger partial charge in [0.25, 0.3) is 0 Å². The minimum Gasteiger partial charge on any atom is -0.489 e. The fraction of sp³-hybridized carbons (Fsp3) is 0.333. The van der Waals surface area contributed by atoms with Gasteiger partial charge in [0, 0.05) is 6.61 Å². The van der Waals surface area contributed by atoms with Gasteiger partial charge in [0.1, 0.15) is 35.7 Å². The summed E-state index contributed by atoms with van der Waals surface area (Å²) in [5, 5.41) is 0.259. The van der Waals surface area contributed by atoms with Crippen LogP contribution in [0.2, 0.25) is 0 Å². The molecule has 248 valence electrons. The van der Waals surface area contributed by atoms with E-state index in [9.17, 15) is 0 Å².